The molecule has 9 heteroatoms. The van der Waals surface area contributed by atoms with E-state index in [2.05, 4.69) is 0 Å². The van der Waals surface area contributed by atoms with Gasteiger partial charge in [-0.05, 0) is 25.0 Å². The van der Waals surface area contributed by atoms with Crippen molar-refractivity contribution < 1.29 is 23.1 Å². The van der Waals surface area contributed by atoms with Crippen LogP contribution in [0, 0.1) is 0 Å². The highest BCUT2D eigenvalue weighted by molar-refractivity contribution is 6.39. The number of nitrogen functional groups attached to an aromatic ring is 1. The van der Waals surface area contributed by atoms with E-state index >= 15 is 0 Å². The minimum atomic E-state index is -4.79. The van der Waals surface area contributed by atoms with Crippen molar-refractivity contribution in [2.45, 2.75) is 31.2 Å². The van der Waals surface area contributed by atoms with E-state index in [1.54, 1.807) is 0 Å². The van der Waals surface area contributed by atoms with Crippen LogP contribution in [0.1, 0.15) is 23.2 Å². The van der Waals surface area contributed by atoms with Gasteiger partial charge in [0.1, 0.15) is 0 Å². The molecule has 1 aliphatic heterocycles. The minimum absolute atomic E-state index is 0.0328. The molecule has 4 nitrogen and oxygen atoms in total. The highest BCUT2D eigenvalue weighted by Gasteiger charge is 2.48. The fourth-order valence-corrected chi connectivity index (χ4v) is 2.95. The van der Waals surface area contributed by atoms with E-state index in [1.807, 2.05) is 0 Å². The van der Waals surface area contributed by atoms with Gasteiger partial charge in [-0.1, -0.05) is 23.2 Å². The lowest BCUT2D eigenvalue weighted by atomic mass is 10.1. The standard InChI is InChI=1S/C13H13Cl2F3N2O2/c14-7-4-6(5-8(15)10(7)19)12(22)20-3-1-2-9(20)11(21)13(16,17)18/h4-5,9,11,21H,1-3,19H2/t9-,11-/m1/s1. The molecule has 1 aliphatic rings. The van der Waals surface area contributed by atoms with Crippen LogP contribution in [0.15, 0.2) is 12.1 Å². The van der Waals surface area contributed by atoms with Crippen molar-refractivity contribution >= 4 is 34.8 Å². The molecule has 1 saturated heterocycles. The first kappa shape index (κ1) is 17.2. The number of rotatable bonds is 2. The van der Waals surface area contributed by atoms with Gasteiger partial charge in [0.25, 0.3) is 5.91 Å². The second kappa shape index (κ2) is 6.14. The number of carbonyl (C=O) groups excluding carboxylic acids is 1. The number of hydrogen-bond donors (Lipinski definition) is 2. The summed E-state index contributed by atoms with van der Waals surface area (Å²) >= 11 is 11.7. The van der Waals surface area contributed by atoms with E-state index in [0.29, 0.717) is 6.42 Å². The van der Waals surface area contributed by atoms with Gasteiger partial charge < -0.3 is 15.7 Å². The largest absolute Gasteiger partial charge is 0.416 e. The van der Waals surface area contributed by atoms with Gasteiger partial charge in [0, 0.05) is 12.1 Å². The Bertz CT molecular complexity index is 572. The summed E-state index contributed by atoms with van der Waals surface area (Å²) in [5.41, 5.74) is 5.68. The smallest absolute Gasteiger partial charge is 0.396 e. The lowest BCUT2D eigenvalue weighted by molar-refractivity contribution is -0.216. The molecule has 3 N–H and O–H groups in total. The lowest BCUT2D eigenvalue weighted by Crippen LogP contribution is -2.49. The maximum atomic E-state index is 12.7. The fraction of sp³-hybridized carbons (Fsp3) is 0.462. The van der Waals surface area contributed by atoms with Crippen LogP contribution < -0.4 is 5.73 Å². The summed E-state index contributed by atoms with van der Waals surface area (Å²) in [6, 6.07) is 1.18. The number of hydrogen-bond acceptors (Lipinski definition) is 3. The minimum Gasteiger partial charge on any atom is -0.396 e. The number of anilines is 1. The maximum Gasteiger partial charge on any atom is 0.416 e. The molecule has 0 spiro atoms. The first-order chi connectivity index (χ1) is 10.1. The second-order valence-electron chi connectivity index (χ2n) is 5.05. The average Bonchev–Trinajstić information content (AvgIpc) is 2.90. The molecule has 0 saturated carbocycles. The van der Waals surface area contributed by atoms with Gasteiger partial charge in [-0.2, -0.15) is 13.2 Å². The van der Waals surface area contributed by atoms with Crippen molar-refractivity contribution in [3.63, 3.8) is 0 Å². The highest BCUT2D eigenvalue weighted by Crippen LogP contribution is 2.33. The van der Waals surface area contributed by atoms with Gasteiger partial charge >= 0.3 is 6.18 Å². The normalized spacial score (nSPS) is 20.3. The molecular formula is C13H13Cl2F3N2O2. The monoisotopic (exact) mass is 356 g/mol. The van der Waals surface area contributed by atoms with E-state index in [-0.39, 0.29) is 34.3 Å². The number of aliphatic hydroxyl groups excluding tert-OH is 1. The van der Waals surface area contributed by atoms with Crippen molar-refractivity contribution in [1.82, 2.24) is 4.90 Å². The fourth-order valence-electron chi connectivity index (χ4n) is 2.46. The van der Waals surface area contributed by atoms with E-state index in [4.69, 9.17) is 28.9 Å². The molecule has 1 amide bonds. The molecule has 1 heterocycles. The molecule has 1 aromatic carbocycles. The number of halogens is 5. The number of likely N-dealkylation sites (tertiary alicyclic amines) is 1. The van der Waals surface area contributed by atoms with Crippen molar-refractivity contribution in [3.05, 3.63) is 27.7 Å². The third-order valence-electron chi connectivity index (χ3n) is 3.59. The molecule has 122 valence electrons. The van der Waals surface area contributed by atoms with Crippen LogP contribution in [0.25, 0.3) is 0 Å². The van der Waals surface area contributed by atoms with Gasteiger partial charge in [-0.3, -0.25) is 4.79 Å². The van der Waals surface area contributed by atoms with Crippen LogP contribution in [0.2, 0.25) is 10.0 Å². The maximum absolute atomic E-state index is 12.7. The summed E-state index contributed by atoms with van der Waals surface area (Å²) in [5.74, 6) is -0.672. The molecule has 0 aliphatic carbocycles. The number of aliphatic hydroxyl groups is 1. The molecular weight excluding hydrogens is 344 g/mol. The Hall–Kier alpha value is -1.18. The third-order valence-corrected chi connectivity index (χ3v) is 4.21. The van der Waals surface area contributed by atoms with Gasteiger partial charge in [-0.15, -0.1) is 0 Å². The number of benzene rings is 1. The molecule has 2 atom stereocenters. The van der Waals surface area contributed by atoms with Crippen molar-refractivity contribution in [3.8, 4) is 0 Å². The lowest BCUT2D eigenvalue weighted by Gasteiger charge is -2.30. The summed E-state index contributed by atoms with van der Waals surface area (Å²) in [6.45, 7) is 0.121. The average molecular weight is 357 g/mol. The Morgan fingerprint density at radius 3 is 2.41 bits per heavy atom. The molecule has 22 heavy (non-hydrogen) atoms. The van der Waals surface area contributed by atoms with Gasteiger partial charge in [-0.25, -0.2) is 0 Å². The summed E-state index contributed by atoms with van der Waals surface area (Å²) in [5, 5.41) is 9.50. The zero-order valence-electron chi connectivity index (χ0n) is 11.2. The molecule has 0 unspecified atom stereocenters. The van der Waals surface area contributed by atoms with Crippen molar-refractivity contribution in [1.29, 1.82) is 0 Å². The van der Waals surface area contributed by atoms with Crippen LogP contribution in [0.4, 0.5) is 18.9 Å². The Morgan fingerprint density at radius 1 is 1.36 bits per heavy atom. The van der Waals surface area contributed by atoms with Crippen LogP contribution >= 0.6 is 23.2 Å². The van der Waals surface area contributed by atoms with E-state index in [9.17, 15) is 23.1 Å². The quantitative estimate of drug-likeness (QED) is 0.800. The molecule has 1 fully saturated rings. The molecule has 0 aromatic heterocycles. The number of alkyl halides is 3. The predicted octanol–water partition coefficient (Wildman–Crippen LogP) is 3.10. The zero-order chi connectivity index (χ0) is 16.7. The number of carbonyl (C=O) groups is 1. The summed E-state index contributed by atoms with van der Waals surface area (Å²) in [7, 11) is 0. The number of nitrogens with two attached hydrogens (primary N) is 1. The molecule has 0 radical (unpaired) electrons. The molecule has 1 aromatic rings. The Labute approximate surface area is 134 Å². The SMILES string of the molecule is Nc1c(Cl)cc(C(=O)N2CCC[C@@H]2[C@@H](O)C(F)(F)F)cc1Cl. The number of nitrogens with zero attached hydrogens (tertiary/aromatic N) is 1. The van der Waals surface area contributed by atoms with Crippen LogP contribution in [-0.4, -0.2) is 40.8 Å². The first-order valence-electron chi connectivity index (χ1n) is 6.43. The summed E-state index contributed by atoms with van der Waals surface area (Å²) in [6.07, 6.45) is -6.93. The first-order valence-corrected chi connectivity index (χ1v) is 7.18. The number of amides is 1. The van der Waals surface area contributed by atoms with Crippen molar-refractivity contribution in [2.24, 2.45) is 0 Å². The van der Waals surface area contributed by atoms with Crippen LogP contribution in [0.5, 0.6) is 0 Å². The summed E-state index contributed by atoms with van der Waals surface area (Å²) < 4.78 is 38.0. The molecule has 0 bridgehead atoms. The van der Waals surface area contributed by atoms with E-state index in [0.717, 1.165) is 4.90 Å². The predicted molar refractivity (Wildman–Crippen MR) is 77.0 cm³/mol. The third kappa shape index (κ3) is 3.26. The van der Waals surface area contributed by atoms with Gasteiger partial charge in [0.15, 0.2) is 6.10 Å². The second-order valence-corrected chi connectivity index (χ2v) is 5.86. The van der Waals surface area contributed by atoms with E-state index in [1.165, 1.54) is 12.1 Å². The van der Waals surface area contributed by atoms with Crippen LogP contribution in [-0.2, 0) is 0 Å². The zero-order valence-corrected chi connectivity index (χ0v) is 12.7. The van der Waals surface area contributed by atoms with Crippen LogP contribution in [0.3, 0.4) is 0 Å². The Morgan fingerprint density at radius 2 is 1.91 bits per heavy atom. The Balaban J connectivity index is 2.29. The molecule has 2 rings (SSSR count). The topological polar surface area (TPSA) is 66.6 Å². The van der Waals surface area contributed by atoms with Gasteiger partial charge in [0.2, 0.25) is 0 Å². The van der Waals surface area contributed by atoms with Gasteiger partial charge in [0.05, 0.1) is 21.8 Å². The van der Waals surface area contributed by atoms with Crippen molar-refractivity contribution in [2.75, 3.05) is 12.3 Å². The van der Waals surface area contributed by atoms with E-state index < -0.39 is 24.2 Å². The highest BCUT2D eigenvalue weighted by atomic mass is 35.5. The summed E-state index contributed by atoms with van der Waals surface area (Å²) in [4.78, 5) is 13.4. The Kier molecular flexibility index (Phi) is 4.79.